The summed E-state index contributed by atoms with van der Waals surface area (Å²) in [5, 5.41) is 71.0. The minimum Gasteiger partial charge on any atom is -0.744 e. The number of aromatic hydroxyl groups is 1. The number of hydrogen-bond acceptors (Lipinski definition) is 28. The Kier molecular flexibility index (Phi) is 30.8. The van der Waals surface area contributed by atoms with Crippen molar-refractivity contribution in [3.05, 3.63) is 54.1 Å². The van der Waals surface area contributed by atoms with Gasteiger partial charge in [0.1, 0.15) is 38.6 Å². The van der Waals surface area contributed by atoms with Gasteiger partial charge in [-0.05, 0) is 55.0 Å². The summed E-state index contributed by atoms with van der Waals surface area (Å²) in [6, 6.07) is 9.16. The summed E-state index contributed by atoms with van der Waals surface area (Å²) in [6.45, 7) is 0.557. The second-order valence-corrected chi connectivity index (χ2v) is 18.4. The first-order valence-corrected chi connectivity index (χ1v) is 22.5. The number of sulfone groups is 2. The average molecular weight is 1050 g/mol. The van der Waals surface area contributed by atoms with Crippen molar-refractivity contribution in [3.8, 4) is 11.5 Å². The second-order valence-electron chi connectivity index (χ2n) is 11.1. The fraction of sp³-hybridized carbons (Fsp3) is 0.241. The summed E-state index contributed by atoms with van der Waals surface area (Å²) >= 11 is 0.481. The van der Waals surface area contributed by atoms with Crippen molar-refractivity contribution in [2.45, 2.75) is 26.5 Å². The molecule has 0 saturated heterocycles. The molecule has 0 unspecified atom stereocenters. The largest absolute Gasteiger partial charge is 1.00 e. The molecule has 64 heavy (non-hydrogen) atoms. The number of hydrogen-bond donors (Lipinski definition) is 2. The number of aryl methyl sites for hydroxylation is 1. The first-order chi connectivity index (χ1) is 28.5. The van der Waals surface area contributed by atoms with Gasteiger partial charge in [0, 0.05) is 23.9 Å². The zero-order chi connectivity index (χ0) is 44.1. The van der Waals surface area contributed by atoms with E-state index < -0.39 is 69.1 Å². The molecule has 2 N–H and O–H groups in total. The van der Waals surface area contributed by atoms with E-state index >= 15 is 0 Å². The molecule has 0 amide bonds. The maximum absolute atomic E-state index is 13.0. The monoisotopic (exact) mass is 1050 g/mol. The predicted octanol–water partition coefficient (Wildman–Crippen LogP) is -8.96. The number of phenolic OH excluding ortho intramolecular Hbond substituents is 1. The summed E-state index contributed by atoms with van der Waals surface area (Å²) in [6.07, 6.45) is 0. The summed E-state index contributed by atoms with van der Waals surface area (Å²) in [5.74, 6) is -1.89. The molecule has 35 heteroatoms. The summed E-state index contributed by atoms with van der Waals surface area (Å²) < 4.78 is 116. The molecular weight excluding hydrogens is 1020 g/mol. The van der Waals surface area contributed by atoms with Crippen LogP contribution >= 0.6 is 36.7 Å². The Morgan fingerprint density at radius 3 is 1.83 bits per heavy atom. The molecule has 0 radical (unpaired) electrons. The maximum atomic E-state index is 13.0. The van der Waals surface area contributed by atoms with Gasteiger partial charge >= 0.3 is 118 Å². The minimum absolute atomic E-state index is 0. The molecule has 0 aromatic heterocycles. The number of azo groups is 2. The average Bonchev–Trinajstić information content (AvgIpc) is 3.21. The van der Waals surface area contributed by atoms with Gasteiger partial charge in [0.25, 0.3) is 0 Å². The van der Waals surface area contributed by atoms with Gasteiger partial charge in [-0.1, -0.05) is 0 Å². The third-order valence-corrected chi connectivity index (χ3v) is 13.3. The fourth-order valence-electron chi connectivity index (χ4n) is 4.98. The fourth-order valence-corrected chi connectivity index (χ4v) is 9.28. The number of anilines is 1. The molecule has 0 heterocycles. The van der Waals surface area contributed by atoms with Gasteiger partial charge in [0.05, 0.1) is 69.1 Å². The molecule has 0 aliphatic carbocycles. The molecule has 0 saturated carbocycles. The molecule has 0 atom stereocenters. The molecule has 4 rings (SSSR count). The molecule has 4 aromatic rings. The topological polar surface area (TPSA) is 359 Å². The number of ether oxygens (including phenoxy) is 1. The summed E-state index contributed by atoms with van der Waals surface area (Å²) in [5.41, 5.74) is -0.510. The Labute approximate surface area is 466 Å². The number of fused-ring (bicyclic) bond motifs is 1. The predicted molar refractivity (Wildman–Crippen MR) is 199 cm³/mol. The number of nitrogens with one attached hydrogen (secondary N) is 1. The van der Waals surface area contributed by atoms with Gasteiger partial charge in [-0.25, -0.2) is 25.3 Å². The van der Waals surface area contributed by atoms with Crippen LogP contribution in [0.4, 0.5) is 28.4 Å². The van der Waals surface area contributed by atoms with Gasteiger partial charge in [-0.3, -0.25) is 23.5 Å². The van der Waals surface area contributed by atoms with Crippen molar-refractivity contribution in [3.63, 3.8) is 0 Å². The third-order valence-electron chi connectivity index (χ3n) is 7.59. The molecule has 4 aromatic carbocycles. The van der Waals surface area contributed by atoms with E-state index in [-0.39, 0.29) is 216 Å². The van der Waals surface area contributed by atoms with Crippen LogP contribution in [0.5, 0.6) is 11.5 Å². The molecule has 0 spiro atoms. The van der Waals surface area contributed by atoms with Crippen LogP contribution in [0.2, 0.25) is 0 Å². The Morgan fingerprint density at radius 1 is 0.688 bits per heavy atom. The number of rotatable bonds is 24. The Balaban J connectivity index is 0.00000992. The minimum atomic E-state index is -5.37. The van der Waals surface area contributed by atoms with E-state index in [4.69, 9.17) is 13.1 Å². The van der Waals surface area contributed by atoms with Crippen LogP contribution in [0, 0.1) is 6.92 Å². The number of nitrogens with zero attached hydrogens (tertiary/aromatic N) is 4. The Bertz CT molecular complexity index is 2570. The first kappa shape index (κ1) is 64.2. The van der Waals surface area contributed by atoms with Crippen LogP contribution in [0.25, 0.3) is 10.8 Å². The van der Waals surface area contributed by atoms with E-state index in [1.165, 1.54) is 51.4 Å². The van der Waals surface area contributed by atoms with Crippen LogP contribution in [0.3, 0.4) is 0 Å². The van der Waals surface area contributed by atoms with Crippen molar-refractivity contribution >= 4 is 106 Å². The number of benzene rings is 4. The summed E-state index contributed by atoms with van der Waals surface area (Å²) in [4.78, 5) is -1.91. The van der Waals surface area contributed by atoms with Crippen LogP contribution in [0.1, 0.15) is 5.56 Å². The van der Waals surface area contributed by atoms with Gasteiger partial charge in [0.15, 0.2) is 50.1 Å². The van der Waals surface area contributed by atoms with E-state index in [1.807, 2.05) is 0 Å². The van der Waals surface area contributed by atoms with Crippen molar-refractivity contribution in [1.82, 2.24) is 0 Å². The molecule has 0 aliphatic rings. The van der Waals surface area contributed by atoms with E-state index in [2.05, 4.69) is 53.9 Å². The SMILES string of the molecule is CNc1ccc2c(O)c(N=Nc3cc(C)c(S(=O)(=O)CCOSOO[O-])cc3OC)c(SOO[O-])cc2c1N=Nc1ccc(S(=O)(=O)CCOSOO[O-])cc1S(=O)(=O)[O-].[Na+].[Na+].[Na+].[Na+]. The van der Waals surface area contributed by atoms with E-state index in [1.54, 1.807) is 0 Å². The van der Waals surface area contributed by atoms with Crippen molar-refractivity contribution < 1.29 is 210 Å². The van der Waals surface area contributed by atoms with E-state index in [0.717, 1.165) is 12.1 Å². The van der Waals surface area contributed by atoms with Gasteiger partial charge in [-0.2, -0.15) is 4.33 Å². The summed E-state index contributed by atoms with van der Waals surface area (Å²) in [7, 11) is -10.9. The van der Waals surface area contributed by atoms with Gasteiger partial charge < -0.3 is 35.5 Å². The molecular formula is C29H27N5Na4O20S6. The van der Waals surface area contributed by atoms with Crippen LogP contribution < -0.4 is 144 Å². The van der Waals surface area contributed by atoms with Crippen LogP contribution in [-0.4, -0.2) is 73.8 Å². The Hall–Kier alpha value is 0.160. The number of methoxy groups -OCH3 is 1. The van der Waals surface area contributed by atoms with Gasteiger partial charge in [-0.15, -0.1) is 29.1 Å². The van der Waals surface area contributed by atoms with E-state index in [0.29, 0.717) is 6.07 Å². The normalized spacial score (nSPS) is 11.8. The standard InChI is InChI=1S/C29H31N5O20S6.4Na/c1-16-12-22(23(46-3)15-25(16)59(41,42)11-9-48-57-54-51-38)32-34-28-24(55-52-49-36)14-19-18(29(28)35)5-7-21(30-2)27(19)33-31-20-6-4-17(13-26(20)60(43,44)45)58(39,40)10-8-47-56-53-50-37;;;;/h4-7,12-15,30,35-38H,8-11H2,1-3H3,(H,43,44,45);;;;/q;4*+1/p-4. The molecule has 0 fully saturated rings. The van der Waals surface area contributed by atoms with Crippen LogP contribution in [0.15, 0.2) is 88.6 Å². The van der Waals surface area contributed by atoms with E-state index in [9.17, 15) is 50.7 Å². The smallest absolute Gasteiger partial charge is 0.744 e. The zero-order valence-electron chi connectivity index (χ0n) is 34.4. The molecule has 0 aliphatic heterocycles. The molecule has 25 nitrogen and oxygen atoms in total. The third kappa shape index (κ3) is 17.8. The Morgan fingerprint density at radius 2 is 1.27 bits per heavy atom. The molecule has 328 valence electrons. The van der Waals surface area contributed by atoms with Gasteiger partial charge in [0.2, 0.25) is 0 Å². The van der Waals surface area contributed by atoms with Crippen molar-refractivity contribution in [2.24, 2.45) is 20.5 Å². The second kappa shape index (κ2) is 30.7. The zero-order valence-corrected chi connectivity index (χ0v) is 47.3. The number of phenols is 1. The van der Waals surface area contributed by atoms with Crippen molar-refractivity contribution in [2.75, 3.05) is 44.2 Å². The quantitative estimate of drug-likeness (QED) is 0.0125. The maximum Gasteiger partial charge on any atom is 1.00 e. The first-order valence-electron chi connectivity index (χ1n) is 15.7. The van der Waals surface area contributed by atoms with Crippen molar-refractivity contribution in [1.29, 1.82) is 0 Å². The van der Waals surface area contributed by atoms with Crippen LogP contribution in [-0.2, 0) is 66.3 Å². The molecule has 0 bridgehead atoms.